The van der Waals surface area contributed by atoms with Crippen LogP contribution in [0.15, 0.2) is 76.4 Å². The largest absolute Gasteiger partial charge is 0.467 e. The van der Waals surface area contributed by atoms with Gasteiger partial charge in [-0.05, 0) is 42.8 Å². The number of hydrogen-bond donors (Lipinski definition) is 0. The van der Waals surface area contributed by atoms with Crippen molar-refractivity contribution in [3.05, 3.63) is 94.4 Å². The first-order valence-corrected chi connectivity index (χ1v) is 8.76. The van der Waals surface area contributed by atoms with Crippen molar-refractivity contribution in [1.82, 2.24) is 5.01 Å². The third kappa shape index (κ3) is 3.16. The van der Waals surface area contributed by atoms with E-state index in [1.807, 2.05) is 43.3 Å². The van der Waals surface area contributed by atoms with Crippen molar-refractivity contribution in [2.24, 2.45) is 5.10 Å². The number of amides is 1. The maximum atomic E-state index is 13.1. The molecule has 1 amide bonds. The molecule has 3 aromatic rings. The highest BCUT2D eigenvalue weighted by Crippen LogP contribution is 2.34. The predicted molar refractivity (Wildman–Crippen MR) is 101 cm³/mol. The number of halogens is 1. The van der Waals surface area contributed by atoms with Gasteiger partial charge in [0.25, 0.3) is 5.91 Å². The molecule has 0 spiro atoms. The van der Waals surface area contributed by atoms with Gasteiger partial charge >= 0.3 is 0 Å². The number of hydrogen-bond acceptors (Lipinski definition) is 3. The van der Waals surface area contributed by atoms with Gasteiger partial charge in [-0.25, -0.2) is 5.01 Å². The lowest BCUT2D eigenvalue weighted by atomic mass is 10.0. The highest BCUT2D eigenvalue weighted by atomic mass is 35.5. The quantitative estimate of drug-likeness (QED) is 0.638. The lowest BCUT2D eigenvalue weighted by Crippen LogP contribution is -2.26. The third-order valence-corrected chi connectivity index (χ3v) is 4.68. The van der Waals surface area contributed by atoms with Gasteiger partial charge in [0.2, 0.25) is 0 Å². The van der Waals surface area contributed by atoms with Gasteiger partial charge in [-0.2, -0.15) is 5.10 Å². The van der Waals surface area contributed by atoms with E-state index in [9.17, 15) is 4.79 Å². The minimum Gasteiger partial charge on any atom is -0.467 e. The van der Waals surface area contributed by atoms with Gasteiger partial charge in [0.1, 0.15) is 11.8 Å². The summed E-state index contributed by atoms with van der Waals surface area (Å²) in [6.07, 6.45) is 2.21. The zero-order valence-electron chi connectivity index (χ0n) is 14.2. The van der Waals surface area contributed by atoms with Gasteiger partial charge in [0, 0.05) is 17.0 Å². The van der Waals surface area contributed by atoms with Crippen LogP contribution in [0.2, 0.25) is 5.02 Å². The van der Waals surface area contributed by atoms with Crippen LogP contribution in [0.25, 0.3) is 0 Å². The van der Waals surface area contributed by atoms with Gasteiger partial charge in [-0.1, -0.05) is 47.5 Å². The van der Waals surface area contributed by atoms with Crippen molar-refractivity contribution in [2.45, 2.75) is 19.4 Å². The van der Waals surface area contributed by atoms with E-state index in [4.69, 9.17) is 16.0 Å². The topological polar surface area (TPSA) is 45.8 Å². The van der Waals surface area contributed by atoms with Crippen LogP contribution >= 0.6 is 11.6 Å². The molecule has 26 heavy (non-hydrogen) atoms. The molecule has 130 valence electrons. The fourth-order valence-corrected chi connectivity index (χ4v) is 3.26. The number of furan rings is 1. The number of aryl methyl sites for hydroxylation is 1. The first-order valence-electron chi connectivity index (χ1n) is 8.39. The number of nitrogens with zero attached hydrogens (tertiary/aromatic N) is 2. The fourth-order valence-electron chi connectivity index (χ4n) is 3.07. The number of carbonyl (C=O) groups is 1. The van der Waals surface area contributed by atoms with Crippen LogP contribution < -0.4 is 0 Å². The summed E-state index contributed by atoms with van der Waals surface area (Å²) in [5.74, 6) is 0.516. The molecule has 0 fully saturated rings. The highest BCUT2D eigenvalue weighted by Gasteiger charge is 2.35. The van der Waals surface area contributed by atoms with E-state index in [0.29, 0.717) is 22.8 Å². The second-order valence-electron chi connectivity index (χ2n) is 6.31. The maximum absolute atomic E-state index is 13.1. The lowest BCUT2D eigenvalue weighted by Gasteiger charge is -2.20. The van der Waals surface area contributed by atoms with Gasteiger partial charge in [0.05, 0.1) is 12.0 Å². The standard InChI is InChI=1S/C21H17ClN2O2/c1-14-7-9-15(10-8-14)18-13-19(20-6-3-11-26-20)24(23-18)21(25)16-4-2-5-17(22)12-16/h2-12,19H,13H2,1H3/t19-/m1/s1. The molecule has 1 atom stereocenters. The normalized spacial score (nSPS) is 16.6. The Labute approximate surface area is 156 Å². The Hall–Kier alpha value is -2.85. The molecule has 1 aromatic heterocycles. The smallest absolute Gasteiger partial charge is 0.274 e. The molecule has 0 unspecified atom stereocenters. The molecule has 0 saturated heterocycles. The summed E-state index contributed by atoms with van der Waals surface area (Å²) in [5, 5.41) is 6.65. The van der Waals surface area contributed by atoms with Crippen LogP contribution in [0.4, 0.5) is 0 Å². The summed E-state index contributed by atoms with van der Waals surface area (Å²) >= 11 is 6.05. The fraction of sp³-hybridized carbons (Fsp3) is 0.143. The Balaban J connectivity index is 1.72. The molecule has 0 saturated carbocycles. The molecule has 2 aromatic carbocycles. The van der Waals surface area contributed by atoms with E-state index in [1.54, 1.807) is 30.5 Å². The first kappa shape index (κ1) is 16.6. The van der Waals surface area contributed by atoms with Gasteiger partial charge in [-0.3, -0.25) is 4.79 Å². The zero-order valence-corrected chi connectivity index (χ0v) is 15.0. The average Bonchev–Trinajstić information content (AvgIpc) is 3.31. The summed E-state index contributed by atoms with van der Waals surface area (Å²) < 4.78 is 5.57. The molecule has 4 rings (SSSR count). The van der Waals surface area contributed by atoms with Crippen molar-refractivity contribution < 1.29 is 9.21 Å². The van der Waals surface area contributed by atoms with Crippen molar-refractivity contribution >= 4 is 23.2 Å². The zero-order chi connectivity index (χ0) is 18.1. The SMILES string of the molecule is Cc1ccc(C2=NN(C(=O)c3cccc(Cl)c3)[C@@H](c3ccco3)C2)cc1. The second kappa shape index (κ2) is 6.81. The van der Waals surface area contributed by atoms with Gasteiger partial charge < -0.3 is 4.42 Å². The summed E-state index contributed by atoms with van der Waals surface area (Å²) in [5.41, 5.74) is 3.56. The molecule has 4 nitrogen and oxygen atoms in total. The summed E-state index contributed by atoms with van der Waals surface area (Å²) in [4.78, 5) is 13.1. The highest BCUT2D eigenvalue weighted by molar-refractivity contribution is 6.31. The van der Waals surface area contributed by atoms with Crippen molar-refractivity contribution in [2.75, 3.05) is 0 Å². The molecular formula is C21H17ClN2O2. The van der Waals surface area contributed by atoms with E-state index in [2.05, 4.69) is 5.10 Å². The lowest BCUT2D eigenvalue weighted by molar-refractivity contribution is 0.0693. The number of rotatable bonds is 3. The van der Waals surface area contributed by atoms with E-state index >= 15 is 0 Å². The Kier molecular flexibility index (Phi) is 4.35. The van der Waals surface area contributed by atoms with Crippen molar-refractivity contribution in [3.8, 4) is 0 Å². The van der Waals surface area contributed by atoms with Crippen LogP contribution in [0.3, 0.4) is 0 Å². The van der Waals surface area contributed by atoms with E-state index in [0.717, 1.165) is 11.3 Å². The van der Waals surface area contributed by atoms with Crippen LogP contribution in [-0.2, 0) is 0 Å². The number of benzene rings is 2. The Morgan fingerprint density at radius 2 is 1.96 bits per heavy atom. The Morgan fingerprint density at radius 1 is 1.15 bits per heavy atom. The van der Waals surface area contributed by atoms with E-state index < -0.39 is 0 Å². The van der Waals surface area contributed by atoms with E-state index in [1.165, 1.54) is 10.6 Å². The maximum Gasteiger partial charge on any atom is 0.274 e. The molecule has 0 N–H and O–H groups in total. The van der Waals surface area contributed by atoms with Crippen LogP contribution in [0.5, 0.6) is 0 Å². The minimum atomic E-state index is -0.271. The van der Waals surface area contributed by atoms with Crippen LogP contribution in [-0.4, -0.2) is 16.6 Å². The second-order valence-corrected chi connectivity index (χ2v) is 6.74. The number of hydrazone groups is 1. The molecule has 5 heteroatoms. The summed E-state index contributed by atoms with van der Waals surface area (Å²) in [7, 11) is 0. The summed E-state index contributed by atoms with van der Waals surface area (Å²) in [6, 6.07) is 18.5. The molecule has 1 aliphatic rings. The minimum absolute atomic E-state index is 0.198. The van der Waals surface area contributed by atoms with Gasteiger partial charge in [0.15, 0.2) is 0 Å². The average molecular weight is 365 g/mol. The molecule has 0 aliphatic carbocycles. The van der Waals surface area contributed by atoms with Gasteiger partial charge in [-0.15, -0.1) is 0 Å². The predicted octanol–water partition coefficient (Wildman–Crippen LogP) is 5.23. The molecule has 0 radical (unpaired) electrons. The molecule has 2 heterocycles. The van der Waals surface area contributed by atoms with Crippen molar-refractivity contribution in [1.29, 1.82) is 0 Å². The Morgan fingerprint density at radius 3 is 2.65 bits per heavy atom. The Bertz CT molecular complexity index is 962. The van der Waals surface area contributed by atoms with Crippen LogP contribution in [0, 0.1) is 6.92 Å². The van der Waals surface area contributed by atoms with Crippen molar-refractivity contribution in [3.63, 3.8) is 0 Å². The molecule has 0 bridgehead atoms. The van der Waals surface area contributed by atoms with E-state index in [-0.39, 0.29) is 11.9 Å². The van der Waals surface area contributed by atoms with Crippen LogP contribution in [0.1, 0.15) is 39.7 Å². The summed E-state index contributed by atoms with van der Waals surface area (Å²) in [6.45, 7) is 2.04. The molecular weight excluding hydrogens is 348 g/mol. The molecule has 1 aliphatic heterocycles. The third-order valence-electron chi connectivity index (χ3n) is 4.45. The monoisotopic (exact) mass is 364 g/mol. The first-order chi connectivity index (χ1) is 12.6. The number of carbonyl (C=O) groups excluding carboxylic acids is 1.